The van der Waals surface area contributed by atoms with Crippen LogP contribution >= 0.6 is 0 Å². The summed E-state index contributed by atoms with van der Waals surface area (Å²) in [4.78, 5) is 15.2. The van der Waals surface area contributed by atoms with Crippen molar-refractivity contribution in [1.82, 2.24) is 4.90 Å². The van der Waals surface area contributed by atoms with Gasteiger partial charge in [0.1, 0.15) is 5.60 Å². The van der Waals surface area contributed by atoms with Crippen LogP contribution in [0.4, 0.5) is 0 Å². The summed E-state index contributed by atoms with van der Waals surface area (Å²) in [6, 6.07) is 29.3. The van der Waals surface area contributed by atoms with Crippen molar-refractivity contribution in [2.24, 2.45) is 0 Å². The maximum Gasteiger partial charge on any atom is 0.337 e. The monoisotopic (exact) mass is 457 g/mol. The lowest BCUT2D eigenvalue weighted by molar-refractivity contribution is -0.169. The number of aliphatic hydroxyl groups is 1. The summed E-state index contributed by atoms with van der Waals surface area (Å²) in [5.41, 5.74) is 2.37. The topological polar surface area (TPSA) is 49.8 Å². The minimum absolute atomic E-state index is 0.0658. The molecule has 0 spiro atoms. The van der Waals surface area contributed by atoms with E-state index in [4.69, 9.17) is 4.74 Å². The first-order chi connectivity index (χ1) is 16.3. The summed E-state index contributed by atoms with van der Waals surface area (Å²) in [5.74, 6) is -0.626. The molecule has 0 bridgehead atoms. The molecule has 0 aliphatic rings. The second-order valence-electron chi connectivity index (χ2n) is 9.43. The Kier molecular flexibility index (Phi) is 8.80. The highest BCUT2D eigenvalue weighted by molar-refractivity contribution is 5.76. The Morgan fingerprint density at radius 2 is 1.38 bits per heavy atom. The molecule has 4 nitrogen and oxygen atoms in total. The average molecular weight is 458 g/mol. The Balaban J connectivity index is 2.01. The fraction of sp³-hybridized carbons (Fsp3) is 0.300. The number of carbonyl (C=O) groups excluding carboxylic acids is 1. The van der Waals surface area contributed by atoms with Gasteiger partial charge in [0.05, 0.1) is 6.04 Å². The molecule has 0 amide bonds. The minimum Gasteiger partial charge on any atom is -0.458 e. The Morgan fingerprint density at radius 3 is 1.91 bits per heavy atom. The van der Waals surface area contributed by atoms with Crippen LogP contribution in [0.1, 0.15) is 56.5 Å². The predicted octanol–water partition coefficient (Wildman–Crippen LogP) is 6.21. The second kappa shape index (κ2) is 11.8. The smallest absolute Gasteiger partial charge is 0.337 e. The van der Waals surface area contributed by atoms with E-state index in [1.54, 1.807) is 0 Å². The molecule has 0 fully saturated rings. The molecule has 0 aliphatic carbocycles. The first-order valence-corrected chi connectivity index (χ1v) is 11.7. The van der Waals surface area contributed by atoms with Crippen LogP contribution in [0.2, 0.25) is 0 Å². The van der Waals surface area contributed by atoms with Crippen molar-refractivity contribution in [3.05, 3.63) is 114 Å². The van der Waals surface area contributed by atoms with Gasteiger partial charge in [0, 0.05) is 12.6 Å². The van der Waals surface area contributed by atoms with Crippen LogP contribution in [-0.4, -0.2) is 34.2 Å². The van der Waals surface area contributed by atoms with Gasteiger partial charge in [0.25, 0.3) is 0 Å². The Labute approximate surface area is 203 Å². The zero-order chi connectivity index (χ0) is 24.6. The molecule has 0 unspecified atom stereocenters. The molecule has 3 aromatic carbocycles. The molecule has 3 rings (SSSR count). The number of aliphatic hydroxyl groups excluding tert-OH is 1. The van der Waals surface area contributed by atoms with Gasteiger partial charge in [-0.05, 0) is 44.4 Å². The zero-order valence-corrected chi connectivity index (χ0v) is 20.5. The molecule has 0 aliphatic heterocycles. The number of carbonyl (C=O) groups is 1. The van der Waals surface area contributed by atoms with E-state index < -0.39 is 23.7 Å². The highest BCUT2D eigenvalue weighted by atomic mass is 16.6. The third-order valence-corrected chi connectivity index (χ3v) is 5.65. The molecule has 3 atom stereocenters. The number of rotatable bonds is 9. The number of ether oxygens (including phenoxy) is 1. The second-order valence-corrected chi connectivity index (χ2v) is 9.43. The predicted molar refractivity (Wildman–Crippen MR) is 138 cm³/mol. The van der Waals surface area contributed by atoms with E-state index in [1.807, 2.05) is 99.6 Å². The highest BCUT2D eigenvalue weighted by Gasteiger charge is 2.37. The van der Waals surface area contributed by atoms with Gasteiger partial charge in [-0.25, -0.2) is 4.79 Å². The van der Waals surface area contributed by atoms with Gasteiger partial charge < -0.3 is 9.84 Å². The van der Waals surface area contributed by atoms with E-state index >= 15 is 0 Å². The van der Waals surface area contributed by atoms with Gasteiger partial charge in [-0.1, -0.05) is 103 Å². The molecule has 0 aromatic heterocycles. The lowest BCUT2D eigenvalue weighted by Gasteiger charge is -2.38. The molecule has 178 valence electrons. The van der Waals surface area contributed by atoms with Gasteiger partial charge in [0.2, 0.25) is 0 Å². The number of benzene rings is 3. The summed E-state index contributed by atoms with van der Waals surface area (Å²) >= 11 is 0. The molecule has 0 heterocycles. The van der Waals surface area contributed by atoms with Crippen molar-refractivity contribution in [3.63, 3.8) is 0 Å². The van der Waals surface area contributed by atoms with Crippen molar-refractivity contribution in [2.75, 3.05) is 6.54 Å². The lowest BCUT2D eigenvalue weighted by Crippen LogP contribution is -2.44. The first kappa shape index (κ1) is 25.4. The summed E-state index contributed by atoms with van der Waals surface area (Å²) in [6.07, 6.45) is 2.79. The quantitative estimate of drug-likeness (QED) is 0.388. The van der Waals surface area contributed by atoms with E-state index in [0.29, 0.717) is 6.54 Å². The van der Waals surface area contributed by atoms with Crippen LogP contribution in [-0.2, 0) is 9.53 Å². The van der Waals surface area contributed by atoms with E-state index in [0.717, 1.165) is 16.7 Å². The number of esters is 1. The molecule has 3 aromatic rings. The molecule has 0 radical (unpaired) electrons. The molecule has 34 heavy (non-hydrogen) atoms. The van der Waals surface area contributed by atoms with Crippen LogP contribution in [0.5, 0.6) is 0 Å². The van der Waals surface area contributed by atoms with Gasteiger partial charge >= 0.3 is 5.97 Å². The van der Waals surface area contributed by atoms with Gasteiger partial charge in [-0.3, -0.25) is 4.90 Å². The number of nitrogens with zero attached hydrogens (tertiary/aromatic N) is 1. The number of hydrogen-bond donors (Lipinski definition) is 1. The summed E-state index contributed by atoms with van der Waals surface area (Å²) in [5, 5.41) is 11.3. The van der Waals surface area contributed by atoms with Crippen molar-refractivity contribution in [3.8, 4) is 0 Å². The van der Waals surface area contributed by atoms with Crippen molar-refractivity contribution >= 4 is 12.0 Å². The van der Waals surface area contributed by atoms with Crippen LogP contribution in [0.3, 0.4) is 0 Å². The molecule has 0 saturated heterocycles. The van der Waals surface area contributed by atoms with E-state index in [9.17, 15) is 9.90 Å². The first-order valence-electron chi connectivity index (χ1n) is 11.7. The standard InChI is InChI=1S/C30H35NO3/c1-23(25-18-10-6-11-19-25)31(22-14-17-24-15-8-5-9-16-24)27(26-20-12-7-13-21-26)28(32)29(33)34-30(2,3)4/h5-21,23,27-28,32H,22H2,1-4H3/t23-,27-,28-/m0/s1. The van der Waals surface area contributed by atoms with Crippen LogP contribution in [0.15, 0.2) is 97.1 Å². The maximum absolute atomic E-state index is 13.0. The van der Waals surface area contributed by atoms with Crippen LogP contribution < -0.4 is 0 Å². The summed E-state index contributed by atoms with van der Waals surface area (Å²) in [7, 11) is 0. The molecule has 0 saturated carbocycles. The Morgan fingerprint density at radius 1 is 0.882 bits per heavy atom. The molecular formula is C30H35NO3. The molecule has 4 heteroatoms. The summed E-state index contributed by atoms with van der Waals surface area (Å²) < 4.78 is 5.58. The third kappa shape index (κ3) is 7.14. The fourth-order valence-electron chi connectivity index (χ4n) is 4.01. The molecule has 1 N–H and O–H groups in total. The zero-order valence-electron chi connectivity index (χ0n) is 20.5. The third-order valence-electron chi connectivity index (χ3n) is 5.65. The minimum atomic E-state index is -1.35. The lowest BCUT2D eigenvalue weighted by atomic mass is 9.95. The maximum atomic E-state index is 13.0. The fourth-order valence-corrected chi connectivity index (χ4v) is 4.01. The Bertz CT molecular complexity index is 1040. The normalized spacial score (nSPS) is 14.6. The Hall–Kier alpha value is -3.21. The number of hydrogen-bond acceptors (Lipinski definition) is 4. The molecular weight excluding hydrogens is 422 g/mol. The SMILES string of the molecule is C[C@@H](c1ccccc1)N(CC=Cc1ccccc1)[C@@H](c1ccccc1)[C@H](O)C(=O)OC(C)(C)C. The average Bonchev–Trinajstić information content (AvgIpc) is 2.83. The highest BCUT2D eigenvalue weighted by Crippen LogP contribution is 2.34. The van der Waals surface area contributed by atoms with Crippen molar-refractivity contribution in [2.45, 2.75) is 51.5 Å². The van der Waals surface area contributed by atoms with Gasteiger partial charge in [-0.2, -0.15) is 0 Å². The largest absolute Gasteiger partial charge is 0.458 e. The van der Waals surface area contributed by atoms with Gasteiger partial charge in [-0.15, -0.1) is 0 Å². The van der Waals surface area contributed by atoms with E-state index in [2.05, 4.69) is 36.1 Å². The summed E-state index contributed by atoms with van der Waals surface area (Å²) in [6.45, 7) is 8.06. The van der Waals surface area contributed by atoms with Gasteiger partial charge in [0.15, 0.2) is 6.10 Å². The van der Waals surface area contributed by atoms with Crippen LogP contribution in [0, 0.1) is 0 Å². The van der Waals surface area contributed by atoms with E-state index in [1.165, 1.54) is 0 Å². The van der Waals surface area contributed by atoms with E-state index in [-0.39, 0.29) is 6.04 Å². The van der Waals surface area contributed by atoms with Crippen molar-refractivity contribution < 1.29 is 14.6 Å². The van der Waals surface area contributed by atoms with Crippen molar-refractivity contribution in [1.29, 1.82) is 0 Å². The van der Waals surface area contributed by atoms with Crippen LogP contribution in [0.25, 0.3) is 6.08 Å².